The summed E-state index contributed by atoms with van der Waals surface area (Å²) < 4.78 is 0. The van der Waals surface area contributed by atoms with Gasteiger partial charge in [-0.1, -0.05) is 51.2 Å². The van der Waals surface area contributed by atoms with E-state index in [0.29, 0.717) is 0 Å². The summed E-state index contributed by atoms with van der Waals surface area (Å²) in [4.78, 5) is 10.9. The van der Waals surface area contributed by atoms with Crippen LogP contribution in [0, 0.1) is 5.92 Å². The fourth-order valence-electron chi connectivity index (χ4n) is 2.90. The predicted molar refractivity (Wildman–Crippen MR) is 99.6 cm³/mol. The van der Waals surface area contributed by atoms with E-state index in [0.717, 1.165) is 32.1 Å². The highest BCUT2D eigenvalue weighted by atomic mass is 16.4. The van der Waals surface area contributed by atoms with Crippen molar-refractivity contribution in [3.63, 3.8) is 0 Å². The molecule has 0 radical (unpaired) electrons. The van der Waals surface area contributed by atoms with E-state index in [9.17, 15) is 4.79 Å². The number of nitrogens with two attached hydrogens (primary N) is 1. The van der Waals surface area contributed by atoms with Gasteiger partial charge in [0, 0.05) is 12.5 Å². The molecule has 0 aliphatic carbocycles. The second kappa shape index (κ2) is 16.0. The maximum Gasteiger partial charge on any atom is 0.303 e. The number of allylic oxidation sites excluding steroid dienone is 2. The molecule has 0 aliphatic heterocycles. The number of carboxylic acid groups (broad SMARTS) is 1. The number of rotatable bonds is 16. The Balaban J connectivity index is 3.63. The van der Waals surface area contributed by atoms with E-state index < -0.39 is 5.97 Å². The molecule has 0 bridgehead atoms. The molecule has 0 amide bonds. The summed E-state index contributed by atoms with van der Waals surface area (Å²) in [6.07, 6.45) is 19.2. The van der Waals surface area contributed by atoms with Crippen LogP contribution >= 0.6 is 0 Å². The van der Waals surface area contributed by atoms with Gasteiger partial charge in [0.05, 0.1) is 0 Å². The first-order chi connectivity index (χ1) is 11.1. The zero-order chi connectivity index (χ0) is 17.3. The first kappa shape index (κ1) is 22.2. The van der Waals surface area contributed by atoms with E-state index in [2.05, 4.69) is 19.1 Å². The van der Waals surface area contributed by atoms with Crippen molar-refractivity contribution in [2.45, 2.75) is 103 Å². The smallest absolute Gasteiger partial charge is 0.303 e. The van der Waals surface area contributed by atoms with E-state index in [4.69, 9.17) is 10.8 Å². The van der Waals surface area contributed by atoms with Crippen molar-refractivity contribution in [1.29, 1.82) is 0 Å². The van der Waals surface area contributed by atoms with Crippen LogP contribution in [0.1, 0.15) is 97.3 Å². The van der Waals surface area contributed by atoms with Gasteiger partial charge in [0.1, 0.15) is 0 Å². The molecule has 0 aromatic heterocycles. The zero-order valence-corrected chi connectivity index (χ0v) is 15.4. The van der Waals surface area contributed by atoms with Crippen molar-refractivity contribution in [1.82, 2.24) is 0 Å². The number of carbonyl (C=O) groups is 1. The maximum absolute atomic E-state index is 10.9. The van der Waals surface area contributed by atoms with E-state index in [-0.39, 0.29) is 18.4 Å². The average Bonchev–Trinajstić information content (AvgIpc) is 2.49. The first-order valence-corrected chi connectivity index (χ1v) is 9.68. The number of hydrogen-bond acceptors (Lipinski definition) is 2. The van der Waals surface area contributed by atoms with Gasteiger partial charge < -0.3 is 10.8 Å². The molecule has 2 atom stereocenters. The largest absolute Gasteiger partial charge is 0.481 e. The Morgan fingerprint density at radius 2 is 1.57 bits per heavy atom. The maximum atomic E-state index is 10.9. The standard InChI is InChI=1S/C20H39NO2/c1-3-4-5-6-7-8-9-10-11-12-13-14-19(17-20(22)23)16-15-18(2)21/h10-11,18-19H,3-9,12-17,21H2,1-2H3,(H,22,23). The highest BCUT2D eigenvalue weighted by molar-refractivity contribution is 5.66. The van der Waals surface area contributed by atoms with Gasteiger partial charge in [-0.15, -0.1) is 0 Å². The second-order valence-electron chi connectivity index (χ2n) is 6.98. The number of aliphatic carboxylic acids is 1. The lowest BCUT2D eigenvalue weighted by Crippen LogP contribution is -2.17. The van der Waals surface area contributed by atoms with Crippen molar-refractivity contribution in [2.75, 3.05) is 0 Å². The molecule has 3 N–H and O–H groups in total. The molecule has 0 fully saturated rings. The lowest BCUT2D eigenvalue weighted by Gasteiger charge is -2.15. The third-order valence-corrected chi connectivity index (χ3v) is 4.37. The lowest BCUT2D eigenvalue weighted by molar-refractivity contribution is -0.138. The molecule has 3 heteroatoms. The molecule has 136 valence electrons. The molecular formula is C20H39NO2. The molecule has 0 heterocycles. The zero-order valence-electron chi connectivity index (χ0n) is 15.4. The Kier molecular flexibility index (Phi) is 15.5. The molecule has 0 aliphatic rings. The first-order valence-electron chi connectivity index (χ1n) is 9.68. The third-order valence-electron chi connectivity index (χ3n) is 4.37. The van der Waals surface area contributed by atoms with E-state index >= 15 is 0 Å². The Morgan fingerprint density at radius 1 is 0.957 bits per heavy atom. The Hall–Kier alpha value is -0.830. The monoisotopic (exact) mass is 325 g/mol. The van der Waals surface area contributed by atoms with Crippen molar-refractivity contribution in [3.05, 3.63) is 12.2 Å². The van der Waals surface area contributed by atoms with Crippen LogP contribution in [0.5, 0.6) is 0 Å². The molecule has 0 spiro atoms. The molecule has 0 saturated heterocycles. The summed E-state index contributed by atoms with van der Waals surface area (Å²) in [7, 11) is 0. The van der Waals surface area contributed by atoms with Gasteiger partial charge >= 0.3 is 5.97 Å². The number of hydrogen-bond donors (Lipinski definition) is 2. The van der Waals surface area contributed by atoms with Crippen molar-refractivity contribution < 1.29 is 9.90 Å². The van der Waals surface area contributed by atoms with Crippen LogP contribution in [0.25, 0.3) is 0 Å². The SMILES string of the molecule is CCCCCCCCC=CCCCC(CCC(C)N)CC(=O)O. The van der Waals surface area contributed by atoms with Crippen molar-refractivity contribution >= 4 is 5.97 Å². The van der Waals surface area contributed by atoms with Crippen molar-refractivity contribution in [2.24, 2.45) is 11.7 Å². The van der Waals surface area contributed by atoms with Gasteiger partial charge in [-0.2, -0.15) is 0 Å². The Morgan fingerprint density at radius 3 is 2.17 bits per heavy atom. The minimum Gasteiger partial charge on any atom is -0.481 e. The summed E-state index contributed by atoms with van der Waals surface area (Å²) >= 11 is 0. The van der Waals surface area contributed by atoms with Crippen molar-refractivity contribution in [3.8, 4) is 0 Å². The van der Waals surface area contributed by atoms with E-state index in [1.807, 2.05) is 6.92 Å². The molecular weight excluding hydrogens is 286 g/mol. The number of carboxylic acids is 1. The van der Waals surface area contributed by atoms with Gasteiger partial charge in [-0.05, 0) is 57.8 Å². The van der Waals surface area contributed by atoms with Crippen LogP contribution in [0.4, 0.5) is 0 Å². The summed E-state index contributed by atoms with van der Waals surface area (Å²) in [5.41, 5.74) is 5.77. The quantitative estimate of drug-likeness (QED) is 0.283. The highest BCUT2D eigenvalue weighted by Gasteiger charge is 2.13. The summed E-state index contributed by atoms with van der Waals surface area (Å²) in [6.45, 7) is 4.24. The molecule has 3 nitrogen and oxygen atoms in total. The molecule has 0 saturated carbocycles. The Labute approximate surface area is 143 Å². The van der Waals surface area contributed by atoms with Gasteiger partial charge in [0.2, 0.25) is 0 Å². The van der Waals surface area contributed by atoms with Crippen LogP contribution in [-0.4, -0.2) is 17.1 Å². The van der Waals surface area contributed by atoms with E-state index in [1.165, 1.54) is 44.9 Å². The third kappa shape index (κ3) is 17.4. The second-order valence-corrected chi connectivity index (χ2v) is 6.98. The summed E-state index contributed by atoms with van der Waals surface area (Å²) in [5.74, 6) is -0.399. The topological polar surface area (TPSA) is 63.3 Å². The average molecular weight is 326 g/mol. The van der Waals surface area contributed by atoms with Gasteiger partial charge in [0.15, 0.2) is 0 Å². The molecule has 2 unspecified atom stereocenters. The van der Waals surface area contributed by atoms with Crippen LogP contribution < -0.4 is 5.73 Å². The minimum absolute atomic E-state index is 0.170. The number of unbranched alkanes of at least 4 members (excludes halogenated alkanes) is 7. The molecule has 0 aromatic rings. The van der Waals surface area contributed by atoms with Crippen LogP contribution in [-0.2, 0) is 4.79 Å². The van der Waals surface area contributed by atoms with Gasteiger partial charge in [-0.25, -0.2) is 0 Å². The fraction of sp³-hybridized carbons (Fsp3) is 0.850. The van der Waals surface area contributed by atoms with E-state index in [1.54, 1.807) is 0 Å². The van der Waals surface area contributed by atoms with Crippen LogP contribution in [0.3, 0.4) is 0 Å². The fourth-order valence-corrected chi connectivity index (χ4v) is 2.90. The summed E-state index contributed by atoms with van der Waals surface area (Å²) in [6, 6.07) is 0.170. The lowest BCUT2D eigenvalue weighted by atomic mass is 9.92. The minimum atomic E-state index is -0.682. The molecule has 23 heavy (non-hydrogen) atoms. The molecule has 0 rings (SSSR count). The normalized spacial score (nSPS) is 14.2. The van der Waals surface area contributed by atoms with Crippen LogP contribution in [0.15, 0.2) is 12.2 Å². The molecule has 0 aromatic carbocycles. The highest BCUT2D eigenvalue weighted by Crippen LogP contribution is 2.20. The van der Waals surface area contributed by atoms with Crippen LogP contribution in [0.2, 0.25) is 0 Å². The summed E-state index contributed by atoms with van der Waals surface area (Å²) in [5, 5.41) is 8.98. The Bertz CT molecular complexity index is 300. The predicted octanol–water partition coefficient (Wildman–Crippen LogP) is 5.68. The van der Waals surface area contributed by atoms with Gasteiger partial charge in [-0.3, -0.25) is 4.79 Å². The van der Waals surface area contributed by atoms with Gasteiger partial charge in [0.25, 0.3) is 0 Å².